The lowest BCUT2D eigenvalue weighted by atomic mass is 10.1. The first-order valence-corrected chi connectivity index (χ1v) is 9.33. The van der Waals surface area contributed by atoms with Crippen LogP contribution in [0.2, 0.25) is 10.0 Å². The van der Waals surface area contributed by atoms with Gasteiger partial charge in [-0.15, -0.1) is 0 Å². The summed E-state index contributed by atoms with van der Waals surface area (Å²) < 4.78 is 0. The summed E-state index contributed by atoms with van der Waals surface area (Å²) in [5, 5.41) is 6.51. The quantitative estimate of drug-likeness (QED) is 0.582. The number of nitrogens with zero attached hydrogens (tertiary/aromatic N) is 1. The van der Waals surface area contributed by atoms with Crippen molar-refractivity contribution in [2.24, 2.45) is 0 Å². The van der Waals surface area contributed by atoms with Crippen molar-refractivity contribution in [3.8, 4) is 0 Å². The molecule has 0 bridgehead atoms. The minimum absolute atomic E-state index is 0.178. The molecular weight excluding hydrogens is 397 g/mol. The van der Waals surface area contributed by atoms with E-state index in [0.717, 1.165) is 5.56 Å². The second-order valence-corrected chi connectivity index (χ2v) is 6.82. The normalized spacial score (nSPS) is 10.4. The molecule has 0 spiro atoms. The molecule has 1 heterocycles. The van der Waals surface area contributed by atoms with Crippen molar-refractivity contribution in [2.45, 2.75) is 12.8 Å². The van der Waals surface area contributed by atoms with Crippen LogP contribution in [0.25, 0.3) is 0 Å². The van der Waals surface area contributed by atoms with Crippen LogP contribution in [0.1, 0.15) is 22.3 Å². The first kappa shape index (κ1) is 19.9. The predicted octanol–water partition coefficient (Wildman–Crippen LogP) is 5.21. The van der Waals surface area contributed by atoms with Gasteiger partial charge < -0.3 is 10.6 Å². The van der Waals surface area contributed by atoms with Crippen molar-refractivity contribution in [1.29, 1.82) is 0 Å². The smallest absolute Gasteiger partial charge is 0.255 e. The minimum Gasteiger partial charge on any atom is -0.326 e. The second kappa shape index (κ2) is 9.35. The average molecular weight is 414 g/mol. The summed E-state index contributed by atoms with van der Waals surface area (Å²) in [6.07, 6.45) is 3.90. The molecule has 7 heteroatoms. The van der Waals surface area contributed by atoms with E-state index in [2.05, 4.69) is 15.6 Å². The number of amides is 2. The standard InChI is InChI=1S/C21H17Cl2N3O2/c22-18-6-2-3-14(20(18)23)7-8-19(27)25-17-5-1-4-15(13-17)21(28)26-16-9-11-24-12-10-16/h1-6,9-13H,7-8H2,(H,25,27)(H,24,26,28). The molecule has 0 unspecified atom stereocenters. The number of benzene rings is 2. The van der Waals surface area contributed by atoms with Gasteiger partial charge in [0.25, 0.3) is 5.91 Å². The number of carbonyl (C=O) groups is 2. The molecule has 142 valence electrons. The first-order chi connectivity index (χ1) is 13.5. The van der Waals surface area contributed by atoms with Gasteiger partial charge >= 0.3 is 0 Å². The number of aromatic nitrogens is 1. The lowest BCUT2D eigenvalue weighted by Crippen LogP contribution is -2.15. The molecule has 3 aromatic rings. The van der Waals surface area contributed by atoms with E-state index in [4.69, 9.17) is 23.2 Å². The van der Waals surface area contributed by atoms with Gasteiger partial charge in [0.1, 0.15) is 0 Å². The predicted molar refractivity (Wildman–Crippen MR) is 112 cm³/mol. The monoisotopic (exact) mass is 413 g/mol. The molecule has 1 aromatic heterocycles. The first-order valence-electron chi connectivity index (χ1n) is 8.57. The number of hydrogen-bond acceptors (Lipinski definition) is 3. The van der Waals surface area contributed by atoms with Crippen molar-refractivity contribution < 1.29 is 9.59 Å². The van der Waals surface area contributed by atoms with Gasteiger partial charge in [-0.3, -0.25) is 14.6 Å². The van der Waals surface area contributed by atoms with E-state index in [9.17, 15) is 9.59 Å². The van der Waals surface area contributed by atoms with Crippen LogP contribution >= 0.6 is 23.2 Å². The highest BCUT2D eigenvalue weighted by Crippen LogP contribution is 2.26. The van der Waals surface area contributed by atoms with Crippen molar-refractivity contribution in [2.75, 3.05) is 10.6 Å². The molecule has 0 radical (unpaired) electrons. The van der Waals surface area contributed by atoms with Crippen LogP contribution in [0.4, 0.5) is 11.4 Å². The lowest BCUT2D eigenvalue weighted by molar-refractivity contribution is -0.116. The van der Waals surface area contributed by atoms with Crippen LogP contribution in [-0.4, -0.2) is 16.8 Å². The third-order valence-electron chi connectivity index (χ3n) is 4.00. The third kappa shape index (κ3) is 5.31. The Kier molecular flexibility index (Phi) is 6.63. The van der Waals surface area contributed by atoms with E-state index in [0.29, 0.717) is 33.4 Å². The summed E-state index contributed by atoms with van der Waals surface area (Å²) in [5.41, 5.74) is 2.44. The number of halogens is 2. The second-order valence-electron chi connectivity index (χ2n) is 6.03. The third-order valence-corrected chi connectivity index (χ3v) is 4.86. The summed E-state index contributed by atoms with van der Waals surface area (Å²) in [7, 11) is 0. The summed E-state index contributed by atoms with van der Waals surface area (Å²) in [6.45, 7) is 0. The molecule has 5 nitrogen and oxygen atoms in total. The molecule has 2 amide bonds. The Labute approximate surface area is 172 Å². The molecule has 0 aliphatic carbocycles. The molecule has 0 atom stereocenters. The lowest BCUT2D eigenvalue weighted by Gasteiger charge is -2.09. The van der Waals surface area contributed by atoms with Gasteiger partial charge in [0.15, 0.2) is 0 Å². The van der Waals surface area contributed by atoms with E-state index in [1.54, 1.807) is 60.9 Å². The number of hydrogen-bond donors (Lipinski definition) is 2. The molecule has 0 saturated carbocycles. The Morgan fingerprint density at radius 3 is 2.43 bits per heavy atom. The van der Waals surface area contributed by atoms with Crippen LogP contribution < -0.4 is 10.6 Å². The van der Waals surface area contributed by atoms with Gasteiger partial charge in [0.2, 0.25) is 5.91 Å². The fourth-order valence-corrected chi connectivity index (χ4v) is 3.00. The van der Waals surface area contributed by atoms with Gasteiger partial charge in [-0.2, -0.15) is 0 Å². The van der Waals surface area contributed by atoms with Crippen LogP contribution in [0.3, 0.4) is 0 Å². The largest absolute Gasteiger partial charge is 0.326 e. The van der Waals surface area contributed by atoms with Crippen LogP contribution in [-0.2, 0) is 11.2 Å². The SMILES string of the molecule is O=C(CCc1cccc(Cl)c1Cl)Nc1cccc(C(=O)Nc2ccncc2)c1. The fourth-order valence-electron chi connectivity index (χ4n) is 2.59. The van der Waals surface area contributed by atoms with Gasteiger partial charge in [-0.05, 0) is 48.4 Å². The molecule has 0 fully saturated rings. The highest BCUT2D eigenvalue weighted by atomic mass is 35.5. The topological polar surface area (TPSA) is 71.1 Å². The maximum absolute atomic E-state index is 12.4. The molecule has 2 aromatic carbocycles. The molecule has 3 rings (SSSR count). The van der Waals surface area contributed by atoms with E-state index in [1.165, 1.54) is 0 Å². The maximum Gasteiger partial charge on any atom is 0.255 e. The minimum atomic E-state index is -0.270. The van der Waals surface area contributed by atoms with Crippen LogP contribution in [0.5, 0.6) is 0 Å². The maximum atomic E-state index is 12.4. The Morgan fingerprint density at radius 1 is 0.893 bits per heavy atom. The molecular formula is C21H17Cl2N3O2. The Hall–Kier alpha value is -2.89. The Morgan fingerprint density at radius 2 is 1.64 bits per heavy atom. The van der Waals surface area contributed by atoms with Gasteiger partial charge in [0.05, 0.1) is 10.0 Å². The number of pyridine rings is 1. The Balaban J connectivity index is 1.60. The highest BCUT2D eigenvalue weighted by molar-refractivity contribution is 6.42. The van der Waals surface area contributed by atoms with Crippen molar-refractivity contribution in [3.63, 3.8) is 0 Å². The zero-order valence-electron chi connectivity index (χ0n) is 14.8. The number of aryl methyl sites for hydroxylation is 1. The van der Waals surface area contributed by atoms with E-state index in [1.807, 2.05) is 6.07 Å². The summed E-state index contributed by atoms with van der Waals surface area (Å²) in [6, 6.07) is 15.5. The molecule has 0 aliphatic rings. The zero-order chi connectivity index (χ0) is 19.9. The van der Waals surface area contributed by atoms with Gasteiger partial charge in [-0.1, -0.05) is 41.4 Å². The molecule has 2 N–H and O–H groups in total. The van der Waals surface area contributed by atoms with Crippen LogP contribution in [0.15, 0.2) is 67.0 Å². The number of anilines is 2. The summed E-state index contributed by atoms with van der Waals surface area (Å²) in [5.74, 6) is -0.448. The van der Waals surface area contributed by atoms with E-state index < -0.39 is 0 Å². The molecule has 0 aliphatic heterocycles. The summed E-state index contributed by atoms with van der Waals surface area (Å²) >= 11 is 12.1. The molecule has 0 saturated heterocycles. The zero-order valence-corrected chi connectivity index (χ0v) is 16.3. The summed E-state index contributed by atoms with van der Waals surface area (Å²) in [4.78, 5) is 28.5. The van der Waals surface area contributed by atoms with Gasteiger partial charge in [0, 0.05) is 35.8 Å². The highest BCUT2D eigenvalue weighted by Gasteiger charge is 2.10. The average Bonchev–Trinajstić information content (AvgIpc) is 2.70. The Bertz CT molecular complexity index is 994. The van der Waals surface area contributed by atoms with Crippen LogP contribution in [0, 0.1) is 0 Å². The molecule has 28 heavy (non-hydrogen) atoms. The van der Waals surface area contributed by atoms with E-state index >= 15 is 0 Å². The van der Waals surface area contributed by atoms with E-state index in [-0.39, 0.29) is 18.2 Å². The van der Waals surface area contributed by atoms with Crippen molar-refractivity contribution in [3.05, 3.63) is 88.2 Å². The van der Waals surface area contributed by atoms with Gasteiger partial charge in [-0.25, -0.2) is 0 Å². The number of nitrogens with one attached hydrogen (secondary N) is 2. The number of carbonyl (C=O) groups excluding carboxylic acids is 2. The van der Waals surface area contributed by atoms with Crippen molar-refractivity contribution >= 4 is 46.4 Å². The number of rotatable bonds is 6. The van der Waals surface area contributed by atoms with Crippen molar-refractivity contribution in [1.82, 2.24) is 4.98 Å². The fraction of sp³-hybridized carbons (Fsp3) is 0.0952.